The third-order valence-corrected chi connectivity index (χ3v) is 16.9. The molecule has 74 heavy (non-hydrogen) atoms. The number of hydrogen-bond acceptors (Lipinski definition) is 2. The Morgan fingerprint density at radius 1 is 0.270 bits per heavy atom. The number of fused-ring (bicyclic) bond motifs is 20. The summed E-state index contributed by atoms with van der Waals surface area (Å²) in [6.45, 7) is 0. The van der Waals surface area contributed by atoms with E-state index in [0.717, 1.165) is 22.7 Å². The van der Waals surface area contributed by atoms with Crippen LogP contribution in [0, 0.1) is 0 Å². The molecule has 0 aromatic heterocycles. The molecule has 12 aromatic rings. The van der Waals surface area contributed by atoms with Gasteiger partial charge in [0.05, 0.1) is 33.6 Å². The van der Waals surface area contributed by atoms with Crippen LogP contribution in [-0.2, 0) is 10.8 Å². The molecule has 0 amide bonds. The molecule has 2 heteroatoms. The minimum Gasteiger partial charge on any atom is -0.310 e. The molecule has 0 atom stereocenters. The van der Waals surface area contributed by atoms with Crippen molar-refractivity contribution in [2.24, 2.45) is 0 Å². The Labute approximate surface area is 431 Å². The molecule has 0 N–H and O–H groups in total. The van der Waals surface area contributed by atoms with Crippen LogP contribution < -0.4 is 9.80 Å². The maximum absolute atomic E-state index is 2.60. The molecule has 12 aromatic carbocycles. The molecule has 1 aliphatic heterocycles. The van der Waals surface area contributed by atoms with Crippen molar-refractivity contribution in [2.75, 3.05) is 9.80 Å². The normalized spacial score (nSPS) is 14.1. The maximum atomic E-state index is 2.60. The van der Waals surface area contributed by atoms with E-state index in [-0.39, 0.29) is 0 Å². The maximum Gasteiger partial charge on any atom is 0.0755 e. The number of nitrogens with zero attached hydrogens (tertiary/aromatic N) is 2. The largest absolute Gasteiger partial charge is 0.310 e. The Morgan fingerprint density at radius 2 is 0.662 bits per heavy atom. The van der Waals surface area contributed by atoms with E-state index in [2.05, 4.69) is 289 Å². The monoisotopic (exact) mass is 938 g/mol. The van der Waals surface area contributed by atoms with Crippen molar-refractivity contribution < 1.29 is 0 Å². The lowest BCUT2D eigenvalue weighted by Gasteiger charge is -2.45. The molecule has 0 fully saturated rings. The predicted octanol–water partition coefficient (Wildman–Crippen LogP) is 18.5. The molecular formula is C72H46N2. The molecule has 2 nitrogen and oxygen atoms in total. The first kappa shape index (κ1) is 41.2. The molecule has 0 bridgehead atoms. The third-order valence-electron chi connectivity index (χ3n) is 16.9. The summed E-state index contributed by atoms with van der Waals surface area (Å²) >= 11 is 0. The van der Waals surface area contributed by atoms with Gasteiger partial charge < -0.3 is 9.80 Å². The van der Waals surface area contributed by atoms with E-state index in [1.54, 1.807) is 0 Å². The molecule has 4 aliphatic rings. The SMILES string of the molecule is c1ccc(N2c3ccccc3C3(c4ccccc4-c4c(N(c5ccc(-c6cccc7ccccc67)cc5)c5cccc6c5-c5ccccc5C65c6ccccc6-c6ccccc65)cccc43)c3ccccc32)cc1. The molecule has 344 valence electrons. The Hall–Kier alpha value is -9.50. The van der Waals surface area contributed by atoms with E-state index >= 15 is 0 Å². The lowest BCUT2D eigenvalue weighted by atomic mass is 9.64. The Balaban J connectivity index is 0.994. The van der Waals surface area contributed by atoms with Gasteiger partial charge in [0.1, 0.15) is 0 Å². The number of benzene rings is 12. The van der Waals surface area contributed by atoms with Crippen molar-refractivity contribution in [1.29, 1.82) is 0 Å². The quantitative estimate of drug-likeness (QED) is 0.170. The zero-order chi connectivity index (χ0) is 48.5. The summed E-state index contributed by atoms with van der Waals surface area (Å²) in [6.07, 6.45) is 0. The van der Waals surface area contributed by atoms with E-state index < -0.39 is 10.8 Å². The highest BCUT2D eigenvalue weighted by atomic mass is 15.2. The van der Waals surface area contributed by atoms with Crippen LogP contribution in [-0.4, -0.2) is 0 Å². The molecule has 0 unspecified atom stereocenters. The van der Waals surface area contributed by atoms with E-state index in [1.165, 1.54) is 111 Å². The van der Waals surface area contributed by atoms with Crippen LogP contribution >= 0.6 is 0 Å². The van der Waals surface area contributed by atoms with Gasteiger partial charge in [-0.25, -0.2) is 0 Å². The highest BCUT2D eigenvalue weighted by Gasteiger charge is 2.54. The van der Waals surface area contributed by atoms with Crippen molar-refractivity contribution in [3.05, 3.63) is 324 Å². The van der Waals surface area contributed by atoms with Crippen LogP contribution in [0.5, 0.6) is 0 Å². The topological polar surface area (TPSA) is 6.48 Å². The summed E-state index contributed by atoms with van der Waals surface area (Å²) < 4.78 is 0. The highest BCUT2D eigenvalue weighted by molar-refractivity contribution is 6.06. The third kappa shape index (κ3) is 5.28. The van der Waals surface area contributed by atoms with Crippen LogP contribution in [0.2, 0.25) is 0 Å². The van der Waals surface area contributed by atoms with Crippen LogP contribution in [0.25, 0.3) is 55.3 Å². The smallest absolute Gasteiger partial charge is 0.0755 e. The zero-order valence-corrected chi connectivity index (χ0v) is 40.5. The van der Waals surface area contributed by atoms with Crippen molar-refractivity contribution in [2.45, 2.75) is 10.8 Å². The number of hydrogen-bond donors (Lipinski definition) is 0. The average Bonchev–Trinajstić information content (AvgIpc) is 4.16. The van der Waals surface area contributed by atoms with Gasteiger partial charge in [-0.3, -0.25) is 0 Å². The van der Waals surface area contributed by atoms with Gasteiger partial charge in [0.15, 0.2) is 0 Å². The second kappa shape index (κ2) is 15.5. The van der Waals surface area contributed by atoms with E-state index in [9.17, 15) is 0 Å². The molecular weight excluding hydrogens is 893 g/mol. The van der Waals surface area contributed by atoms with E-state index in [1.807, 2.05) is 0 Å². The van der Waals surface area contributed by atoms with Crippen LogP contribution in [0.3, 0.4) is 0 Å². The molecule has 3 aliphatic carbocycles. The number of anilines is 6. The Bertz CT molecular complexity index is 4180. The van der Waals surface area contributed by atoms with Crippen molar-refractivity contribution in [3.8, 4) is 44.5 Å². The lowest BCUT2D eigenvalue weighted by molar-refractivity contribution is 0.752. The predicted molar refractivity (Wildman–Crippen MR) is 306 cm³/mol. The minimum atomic E-state index is -0.614. The molecule has 0 saturated heterocycles. The van der Waals surface area contributed by atoms with Crippen molar-refractivity contribution in [3.63, 3.8) is 0 Å². The summed E-state index contributed by atoms with van der Waals surface area (Å²) in [7, 11) is 0. The number of rotatable bonds is 5. The molecule has 2 spiro atoms. The van der Waals surface area contributed by atoms with Gasteiger partial charge in [-0.1, -0.05) is 231 Å². The first-order valence-electron chi connectivity index (χ1n) is 25.8. The fraction of sp³-hybridized carbons (Fsp3) is 0.0278. The Morgan fingerprint density at radius 3 is 1.23 bits per heavy atom. The summed E-state index contributed by atoms with van der Waals surface area (Å²) in [6, 6.07) is 105. The second-order valence-corrected chi connectivity index (χ2v) is 20.2. The average molecular weight is 939 g/mol. The van der Waals surface area contributed by atoms with Crippen LogP contribution in [0.1, 0.15) is 44.5 Å². The summed E-state index contributed by atoms with van der Waals surface area (Å²) in [4.78, 5) is 5.06. The van der Waals surface area contributed by atoms with Crippen LogP contribution in [0.4, 0.5) is 34.1 Å². The van der Waals surface area contributed by atoms with Crippen LogP contribution in [0.15, 0.2) is 279 Å². The second-order valence-electron chi connectivity index (χ2n) is 20.2. The summed E-state index contributed by atoms with van der Waals surface area (Å²) in [5.41, 5.74) is 26.3. The zero-order valence-electron chi connectivity index (χ0n) is 40.5. The van der Waals surface area contributed by atoms with Gasteiger partial charge in [-0.05, 0) is 137 Å². The molecule has 0 radical (unpaired) electrons. The van der Waals surface area contributed by atoms with Gasteiger partial charge in [0.25, 0.3) is 0 Å². The van der Waals surface area contributed by atoms with Gasteiger partial charge in [0.2, 0.25) is 0 Å². The molecule has 0 saturated carbocycles. The van der Waals surface area contributed by atoms with E-state index in [4.69, 9.17) is 0 Å². The lowest BCUT2D eigenvalue weighted by Crippen LogP contribution is -2.36. The number of para-hydroxylation sites is 3. The Kier molecular flexibility index (Phi) is 8.62. The van der Waals surface area contributed by atoms with Gasteiger partial charge >= 0.3 is 0 Å². The van der Waals surface area contributed by atoms with Gasteiger partial charge in [0, 0.05) is 22.5 Å². The highest BCUT2D eigenvalue weighted by Crippen LogP contribution is 2.68. The van der Waals surface area contributed by atoms with E-state index in [0.29, 0.717) is 0 Å². The first-order valence-corrected chi connectivity index (χ1v) is 25.8. The van der Waals surface area contributed by atoms with Gasteiger partial charge in [-0.15, -0.1) is 0 Å². The molecule has 16 rings (SSSR count). The van der Waals surface area contributed by atoms with Gasteiger partial charge in [-0.2, -0.15) is 0 Å². The summed E-state index contributed by atoms with van der Waals surface area (Å²) in [5, 5.41) is 2.49. The standard InChI is InChI=1S/C72H46N2/c1-2-23-49(24-3-1)73-65-39-16-14-35-61(65)72(62-36-15-17-40-66(62)73)60-34-13-9-29-56(60)70-64(72)38-20-42-68(70)74(50-45-43-48(44-46-50)52-30-18-22-47-21-4-5-25-51(47)52)67-41-19-37-63-69(67)55-28-8-12-33-59(55)71(63)57-31-10-6-26-53(57)54-27-7-11-32-58(54)71/h1-46H. The first-order chi connectivity index (χ1) is 36.8. The summed E-state index contributed by atoms with van der Waals surface area (Å²) in [5.74, 6) is 0. The minimum absolute atomic E-state index is 0.492. The fourth-order valence-corrected chi connectivity index (χ4v) is 14.2. The fourth-order valence-electron chi connectivity index (χ4n) is 14.2. The van der Waals surface area contributed by atoms with Crippen molar-refractivity contribution >= 4 is 44.9 Å². The molecule has 1 heterocycles. The van der Waals surface area contributed by atoms with Crippen molar-refractivity contribution in [1.82, 2.24) is 0 Å².